The van der Waals surface area contributed by atoms with Crippen LogP contribution in [0.4, 0.5) is 4.79 Å². The van der Waals surface area contributed by atoms with Crippen molar-refractivity contribution in [1.29, 1.82) is 0 Å². The average Bonchev–Trinajstić information content (AvgIpc) is 3.75. The lowest BCUT2D eigenvalue weighted by atomic mass is 9.43. The van der Waals surface area contributed by atoms with Crippen molar-refractivity contribution >= 4 is 11.9 Å². The van der Waals surface area contributed by atoms with E-state index in [9.17, 15) is 14.7 Å². The van der Waals surface area contributed by atoms with Crippen molar-refractivity contribution in [2.45, 2.75) is 87.2 Å². The fourth-order valence-electron chi connectivity index (χ4n) is 8.20. The van der Waals surface area contributed by atoms with Crippen LogP contribution in [-0.4, -0.2) is 58.2 Å². The molecule has 1 heterocycles. The normalized spacial score (nSPS) is 38.8. The molecular formula is C28H36N2O4. The van der Waals surface area contributed by atoms with E-state index in [-0.39, 0.29) is 17.9 Å². The van der Waals surface area contributed by atoms with Crippen LogP contribution in [0, 0.1) is 17.8 Å². The van der Waals surface area contributed by atoms with Crippen LogP contribution in [-0.2, 0) is 16.6 Å². The Morgan fingerprint density at radius 2 is 1.79 bits per heavy atom. The monoisotopic (exact) mass is 464 g/mol. The quantitative estimate of drug-likeness (QED) is 0.668. The minimum Gasteiger partial charge on any atom is -0.497 e. The summed E-state index contributed by atoms with van der Waals surface area (Å²) in [6, 6.07) is 6.24. The SMILES string of the molecule is COc1ccc2c(c1)C13CCCC(C2)C1(O)CCC1(C3)C(=O)N(CC2CC2)C(=O)N1CC1CC1. The number of urea groups is 1. The van der Waals surface area contributed by atoms with Gasteiger partial charge in [-0.15, -0.1) is 0 Å². The first-order chi connectivity index (χ1) is 16.4. The zero-order chi connectivity index (χ0) is 23.3. The van der Waals surface area contributed by atoms with Crippen LogP contribution >= 0.6 is 0 Å². The predicted octanol–water partition coefficient (Wildman–Crippen LogP) is 4.03. The van der Waals surface area contributed by atoms with Crippen molar-refractivity contribution in [1.82, 2.24) is 9.80 Å². The maximum absolute atomic E-state index is 14.2. The molecule has 0 aromatic heterocycles. The Morgan fingerprint density at radius 3 is 2.53 bits per heavy atom. The fraction of sp³-hybridized carbons (Fsp3) is 0.714. The molecule has 34 heavy (non-hydrogen) atoms. The molecule has 6 heteroatoms. The molecule has 182 valence electrons. The molecule has 4 atom stereocenters. The smallest absolute Gasteiger partial charge is 0.327 e. The largest absolute Gasteiger partial charge is 0.497 e. The van der Waals surface area contributed by atoms with Gasteiger partial charge in [0, 0.05) is 18.5 Å². The number of methoxy groups -OCH3 is 1. The molecule has 1 aromatic carbocycles. The second-order valence-corrected chi connectivity index (χ2v) is 12.2. The third kappa shape index (κ3) is 2.72. The molecule has 6 nitrogen and oxygen atoms in total. The highest BCUT2D eigenvalue weighted by Gasteiger charge is 2.71. The number of rotatable bonds is 5. The van der Waals surface area contributed by atoms with Gasteiger partial charge in [-0.1, -0.05) is 12.5 Å². The zero-order valence-electron chi connectivity index (χ0n) is 20.2. The Balaban J connectivity index is 1.36. The molecule has 4 unspecified atom stereocenters. The molecule has 1 N–H and O–H groups in total. The molecule has 6 aliphatic rings. The van der Waals surface area contributed by atoms with Crippen molar-refractivity contribution in [3.8, 4) is 5.75 Å². The van der Waals surface area contributed by atoms with E-state index < -0.39 is 16.6 Å². The molecule has 2 bridgehead atoms. The van der Waals surface area contributed by atoms with Gasteiger partial charge >= 0.3 is 6.03 Å². The summed E-state index contributed by atoms with van der Waals surface area (Å²) < 4.78 is 5.61. The van der Waals surface area contributed by atoms with Gasteiger partial charge in [-0.2, -0.15) is 0 Å². The van der Waals surface area contributed by atoms with E-state index in [0.717, 1.165) is 62.7 Å². The standard InChI is InChI=1S/C28H36N2O4/c1-34-22-9-8-20-13-21-3-2-10-26(23(20)14-22)17-27(11-12-28(21,26)33)24(31)29(15-18-4-5-18)25(32)30(27)16-19-6-7-19/h8-9,14,18-19,21,33H,2-7,10-13,15-17H2,1H3. The van der Waals surface area contributed by atoms with Crippen LogP contribution in [0.3, 0.4) is 0 Å². The molecule has 1 saturated heterocycles. The first-order valence-corrected chi connectivity index (χ1v) is 13.4. The van der Waals surface area contributed by atoms with E-state index in [4.69, 9.17) is 4.74 Å². The van der Waals surface area contributed by atoms with E-state index in [2.05, 4.69) is 12.1 Å². The van der Waals surface area contributed by atoms with E-state index in [1.165, 1.54) is 5.56 Å². The summed E-state index contributed by atoms with van der Waals surface area (Å²) in [7, 11) is 1.69. The van der Waals surface area contributed by atoms with Crippen molar-refractivity contribution in [3.05, 3.63) is 29.3 Å². The van der Waals surface area contributed by atoms with Crippen molar-refractivity contribution < 1.29 is 19.4 Å². The molecule has 7 rings (SSSR count). The van der Waals surface area contributed by atoms with Gasteiger partial charge in [0.15, 0.2) is 0 Å². The van der Waals surface area contributed by atoms with Crippen molar-refractivity contribution in [2.75, 3.05) is 20.2 Å². The van der Waals surface area contributed by atoms with Gasteiger partial charge < -0.3 is 14.7 Å². The summed E-state index contributed by atoms with van der Waals surface area (Å²) in [5.41, 5.74) is 0.294. The number of carbonyl (C=O) groups is 2. The van der Waals surface area contributed by atoms with E-state index >= 15 is 0 Å². The topological polar surface area (TPSA) is 70.1 Å². The lowest BCUT2D eigenvalue weighted by Gasteiger charge is -2.64. The first-order valence-electron chi connectivity index (χ1n) is 13.4. The van der Waals surface area contributed by atoms with Crippen LogP contribution < -0.4 is 4.74 Å². The summed E-state index contributed by atoms with van der Waals surface area (Å²) >= 11 is 0. The summed E-state index contributed by atoms with van der Waals surface area (Å²) in [4.78, 5) is 31.5. The summed E-state index contributed by atoms with van der Waals surface area (Å²) in [6.45, 7) is 1.26. The van der Waals surface area contributed by atoms with Gasteiger partial charge in [0.2, 0.25) is 0 Å². The molecule has 5 fully saturated rings. The van der Waals surface area contributed by atoms with Gasteiger partial charge in [0.1, 0.15) is 11.3 Å². The van der Waals surface area contributed by atoms with E-state index in [0.29, 0.717) is 44.2 Å². The Labute approximate surface area is 201 Å². The Kier molecular flexibility index (Phi) is 4.36. The minimum atomic E-state index is -0.825. The summed E-state index contributed by atoms with van der Waals surface area (Å²) in [5.74, 6) is 2.02. The lowest BCUT2D eigenvalue weighted by Crippen LogP contribution is -2.70. The lowest BCUT2D eigenvalue weighted by molar-refractivity contribution is -0.175. The Hall–Kier alpha value is -2.08. The highest BCUT2D eigenvalue weighted by atomic mass is 16.5. The van der Waals surface area contributed by atoms with Crippen molar-refractivity contribution in [3.63, 3.8) is 0 Å². The molecule has 1 aliphatic heterocycles. The van der Waals surface area contributed by atoms with Crippen molar-refractivity contribution in [2.24, 2.45) is 17.8 Å². The number of carbonyl (C=O) groups excluding carboxylic acids is 2. The highest BCUT2D eigenvalue weighted by molar-refractivity contribution is 6.07. The Morgan fingerprint density at radius 1 is 1.03 bits per heavy atom. The van der Waals surface area contributed by atoms with Crippen LogP contribution in [0.25, 0.3) is 0 Å². The molecule has 4 saturated carbocycles. The number of ether oxygens (including phenoxy) is 1. The van der Waals surface area contributed by atoms with E-state index in [1.807, 2.05) is 11.0 Å². The second kappa shape index (κ2) is 6.99. The van der Waals surface area contributed by atoms with Gasteiger partial charge in [-0.25, -0.2) is 4.79 Å². The zero-order valence-corrected chi connectivity index (χ0v) is 20.2. The van der Waals surface area contributed by atoms with Crippen LogP contribution in [0.2, 0.25) is 0 Å². The van der Waals surface area contributed by atoms with Gasteiger partial charge in [0.05, 0.1) is 12.7 Å². The van der Waals surface area contributed by atoms with E-state index in [1.54, 1.807) is 12.0 Å². The van der Waals surface area contributed by atoms with Gasteiger partial charge in [0.25, 0.3) is 5.91 Å². The summed E-state index contributed by atoms with van der Waals surface area (Å²) in [5, 5.41) is 12.4. The number of hydrogen-bond acceptors (Lipinski definition) is 4. The third-order valence-corrected chi connectivity index (χ3v) is 10.4. The first kappa shape index (κ1) is 21.2. The molecule has 5 aliphatic carbocycles. The maximum Gasteiger partial charge on any atom is 0.327 e. The van der Waals surface area contributed by atoms with Crippen LogP contribution in [0.15, 0.2) is 18.2 Å². The predicted molar refractivity (Wildman–Crippen MR) is 127 cm³/mol. The third-order valence-electron chi connectivity index (χ3n) is 10.4. The summed E-state index contributed by atoms with van der Waals surface area (Å²) in [6.07, 6.45) is 10.1. The minimum absolute atomic E-state index is 0.0126. The van der Waals surface area contributed by atoms with Crippen LogP contribution in [0.5, 0.6) is 5.75 Å². The number of benzene rings is 1. The molecule has 1 aromatic rings. The maximum atomic E-state index is 14.2. The van der Waals surface area contributed by atoms with Gasteiger partial charge in [-0.05, 0) is 105 Å². The average molecular weight is 465 g/mol. The number of aliphatic hydroxyl groups is 1. The highest BCUT2D eigenvalue weighted by Crippen LogP contribution is 2.65. The molecule has 3 amide bonds. The number of fused-ring (bicyclic) bond motifs is 1. The Bertz CT molecular complexity index is 1060. The molecular weight excluding hydrogens is 428 g/mol. The molecule has 0 radical (unpaired) electrons. The number of amides is 3. The number of nitrogens with zero attached hydrogens (tertiary/aromatic N) is 2. The fourth-order valence-corrected chi connectivity index (χ4v) is 8.20. The second-order valence-electron chi connectivity index (χ2n) is 12.2. The van der Waals surface area contributed by atoms with Crippen LogP contribution in [0.1, 0.15) is 75.3 Å². The van der Waals surface area contributed by atoms with Gasteiger partial charge in [-0.3, -0.25) is 9.69 Å². The number of hydrogen-bond donors (Lipinski definition) is 1. The molecule has 1 spiro atoms. The number of imide groups is 1.